The molecule has 3 aromatic rings. The zero-order valence-electron chi connectivity index (χ0n) is 14.2. The van der Waals surface area contributed by atoms with E-state index in [0.29, 0.717) is 19.8 Å². The van der Waals surface area contributed by atoms with Crippen molar-refractivity contribution in [2.75, 3.05) is 6.61 Å². The zero-order chi connectivity index (χ0) is 16.9. The smallest absolute Gasteiger partial charge is 1.00 e. The largest absolute Gasteiger partial charge is 1.00 e. The Hall–Kier alpha value is -1.87. The summed E-state index contributed by atoms with van der Waals surface area (Å²) in [7, 11) is 0. The Morgan fingerprint density at radius 1 is 0.808 bits per heavy atom. The Labute approximate surface area is 171 Å². The van der Waals surface area contributed by atoms with E-state index in [0.717, 1.165) is 12.2 Å². The zero-order valence-corrected chi connectivity index (χ0v) is 17.5. The van der Waals surface area contributed by atoms with E-state index in [2.05, 4.69) is 95.9 Å². The molecule has 1 fully saturated rings. The predicted octanol–water partition coefficient (Wildman–Crippen LogP) is 0.627. The minimum atomic E-state index is 0. The van der Waals surface area contributed by atoms with Gasteiger partial charge in [-0.15, -0.1) is 0 Å². The van der Waals surface area contributed by atoms with Gasteiger partial charge in [0.2, 0.25) is 0 Å². The first kappa shape index (κ1) is 18.9. The van der Waals surface area contributed by atoms with E-state index in [1.165, 1.54) is 10.0 Å². The van der Waals surface area contributed by atoms with Crippen molar-refractivity contribution in [3.05, 3.63) is 102 Å². The van der Waals surface area contributed by atoms with Gasteiger partial charge in [-0.1, -0.05) is 0 Å². The van der Waals surface area contributed by atoms with Crippen LogP contribution in [0.25, 0.3) is 0 Å². The number of halogens is 1. The van der Waals surface area contributed by atoms with Crippen LogP contribution in [0.4, 0.5) is 0 Å². The summed E-state index contributed by atoms with van der Waals surface area (Å²) in [5.41, 5.74) is 2.48. The van der Waals surface area contributed by atoms with Crippen LogP contribution in [-0.4, -0.2) is 32.5 Å². The SMILES string of the molecule is C(/c1ccccc1)=[N+]1/OC[C@@H]([Se]c2ccccc2)[C@@H]1c1ccccc1.[Br-]. The number of hydrogen-bond acceptors (Lipinski definition) is 1. The maximum absolute atomic E-state index is 6.10. The van der Waals surface area contributed by atoms with E-state index in [9.17, 15) is 0 Å². The second-order valence-corrected chi connectivity index (χ2v) is 8.77. The molecule has 1 saturated heterocycles. The van der Waals surface area contributed by atoms with Crippen LogP contribution >= 0.6 is 0 Å². The van der Waals surface area contributed by atoms with Crippen molar-refractivity contribution in [3.8, 4) is 0 Å². The second-order valence-electron chi connectivity index (χ2n) is 6.02. The molecule has 0 saturated carbocycles. The molecule has 0 bridgehead atoms. The minimum absolute atomic E-state index is 0. The van der Waals surface area contributed by atoms with Crippen molar-refractivity contribution >= 4 is 25.6 Å². The molecule has 0 N–H and O–H groups in total. The van der Waals surface area contributed by atoms with Crippen molar-refractivity contribution in [1.29, 1.82) is 0 Å². The average molecular weight is 473 g/mol. The van der Waals surface area contributed by atoms with Gasteiger partial charge in [0.1, 0.15) is 0 Å². The summed E-state index contributed by atoms with van der Waals surface area (Å²) in [6.07, 6.45) is 2.12. The summed E-state index contributed by atoms with van der Waals surface area (Å²) in [6.45, 7) is 0.762. The third-order valence-electron chi connectivity index (χ3n) is 4.26. The fourth-order valence-corrected chi connectivity index (χ4v) is 5.60. The Kier molecular flexibility index (Phi) is 6.67. The van der Waals surface area contributed by atoms with Crippen LogP contribution < -0.4 is 21.4 Å². The summed E-state index contributed by atoms with van der Waals surface area (Å²) >= 11 is 0.362. The van der Waals surface area contributed by atoms with Gasteiger partial charge in [0.25, 0.3) is 0 Å². The Morgan fingerprint density at radius 2 is 1.38 bits per heavy atom. The van der Waals surface area contributed by atoms with Gasteiger partial charge < -0.3 is 17.0 Å². The van der Waals surface area contributed by atoms with Crippen molar-refractivity contribution in [3.63, 3.8) is 0 Å². The molecule has 0 aromatic heterocycles. The average Bonchev–Trinajstić information content (AvgIpc) is 3.06. The molecule has 1 heterocycles. The standard InChI is InChI=1S/C22H20NOSe.BrH/c1-4-10-18(11-5-1)16-23-22(19-12-6-2-7-13-19)21(17-24-23)25-20-14-8-3-9-15-20;/h1-16,21-22H,17H2;1H/q+1;/p-1/b23-16-;/t21-,22+;/m1./s1. The molecular weight excluding hydrogens is 453 g/mol. The molecule has 26 heavy (non-hydrogen) atoms. The summed E-state index contributed by atoms with van der Waals surface area (Å²) in [4.78, 5) is 6.59. The molecule has 132 valence electrons. The van der Waals surface area contributed by atoms with Gasteiger partial charge in [0.15, 0.2) is 0 Å². The Balaban J connectivity index is 0.00000196. The van der Waals surface area contributed by atoms with Gasteiger partial charge >= 0.3 is 155 Å². The number of benzene rings is 3. The molecule has 4 heteroatoms. The number of hydrogen-bond donors (Lipinski definition) is 0. The normalized spacial score (nSPS) is 20.4. The van der Waals surface area contributed by atoms with E-state index in [1.807, 2.05) is 6.07 Å². The third-order valence-corrected chi connectivity index (χ3v) is 6.87. The van der Waals surface area contributed by atoms with Crippen LogP contribution in [0.15, 0.2) is 91.0 Å². The Bertz CT molecular complexity index is 840. The maximum Gasteiger partial charge on any atom is -1.00 e. The van der Waals surface area contributed by atoms with Crippen LogP contribution in [0.2, 0.25) is 4.82 Å². The van der Waals surface area contributed by atoms with Gasteiger partial charge in [-0.3, -0.25) is 0 Å². The first-order valence-corrected chi connectivity index (χ1v) is 10.3. The molecule has 0 spiro atoms. The third kappa shape index (κ3) is 4.45. The summed E-state index contributed by atoms with van der Waals surface area (Å²) < 4.78 is 3.48. The molecule has 2 nitrogen and oxygen atoms in total. The quantitative estimate of drug-likeness (QED) is 0.400. The first-order valence-electron chi connectivity index (χ1n) is 8.48. The van der Waals surface area contributed by atoms with Gasteiger partial charge in [-0.2, -0.15) is 0 Å². The fourth-order valence-electron chi connectivity index (χ4n) is 3.08. The maximum atomic E-state index is 6.10. The van der Waals surface area contributed by atoms with E-state index >= 15 is 0 Å². The molecule has 0 aliphatic carbocycles. The number of nitrogens with zero attached hydrogens (tertiary/aromatic N) is 1. The second kappa shape index (κ2) is 9.18. The molecule has 4 rings (SSSR count). The summed E-state index contributed by atoms with van der Waals surface area (Å²) in [6, 6.07) is 32.1. The fraction of sp³-hybridized carbons (Fsp3) is 0.136. The van der Waals surface area contributed by atoms with E-state index in [4.69, 9.17) is 4.84 Å². The molecule has 1 aliphatic heterocycles. The van der Waals surface area contributed by atoms with Crippen molar-refractivity contribution < 1.29 is 26.6 Å². The van der Waals surface area contributed by atoms with Crippen LogP contribution in [0, 0.1) is 0 Å². The van der Waals surface area contributed by atoms with Crippen LogP contribution in [0.3, 0.4) is 0 Å². The summed E-state index contributed by atoms with van der Waals surface area (Å²) in [5.74, 6) is 0. The van der Waals surface area contributed by atoms with Gasteiger partial charge in [-0.25, -0.2) is 0 Å². The van der Waals surface area contributed by atoms with Gasteiger partial charge in [-0.05, 0) is 0 Å². The molecule has 2 atom stereocenters. The topological polar surface area (TPSA) is 12.2 Å². The molecular formula is C22H20BrNOSe. The predicted molar refractivity (Wildman–Crippen MR) is 103 cm³/mol. The number of hydroxylamine groups is 1. The molecule has 0 radical (unpaired) electrons. The van der Waals surface area contributed by atoms with Crippen molar-refractivity contribution in [1.82, 2.24) is 0 Å². The monoisotopic (exact) mass is 473 g/mol. The van der Waals surface area contributed by atoms with Crippen LogP contribution in [0.1, 0.15) is 17.2 Å². The van der Waals surface area contributed by atoms with Crippen LogP contribution in [-0.2, 0) is 4.84 Å². The van der Waals surface area contributed by atoms with E-state index in [1.54, 1.807) is 0 Å². The molecule has 0 unspecified atom stereocenters. The molecule has 0 amide bonds. The Morgan fingerprint density at radius 3 is 2.04 bits per heavy atom. The van der Waals surface area contributed by atoms with Gasteiger partial charge in [0.05, 0.1) is 0 Å². The first-order chi connectivity index (χ1) is 12.4. The minimum Gasteiger partial charge on any atom is -1.00 e. The van der Waals surface area contributed by atoms with Crippen molar-refractivity contribution in [2.24, 2.45) is 0 Å². The molecule has 1 aliphatic rings. The van der Waals surface area contributed by atoms with Crippen LogP contribution in [0.5, 0.6) is 0 Å². The molecule has 3 aromatic carbocycles. The summed E-state index contributed by atoms with van der Waals surface area (Å²) in [5, 5.41) is 0. The number of rotatable bonds is 4. The van der Waals surface area contributed by atoms with Gasteiger partial charge in [0, 0.05) is 0 Å². The van der Waals surface area contributed by atoms with Crippen molar-refractivity contribution in [2.45, 2.75) is 10.9 Å². The van der Waals surface area contributed by atoms with E-state index in [-0.39, 0.29) is 23.0 Å². The van der Waals surface area contributed by atoms with E-state index < -0.39 is 0 Å².